The first-order chi connectivity index (χ1) is 4.77. The third-order valence-electron chi connectivity index (χ3n) is 1.43. The van der Waals surface area contributed by atoms with E-state index in [9.17, 15) is 0 Å². The molecule has 0 N–H and O–H groups in total. The fraction of sp³-hybridized carbons (Fsp3) is 0.700. The Morgan fingerprint density at radius 2 is 2.10 bits per heavy atom. The molecule has 1 unspecified atom stereocenters. The second-order valence-corrected chi connectivity index (χ2v) is 2.78. The van der Waals surface area contributed by atoms with E-state index in [-0.39, 0.29) is 0 Å². The lowest BCUT2D eigenvalue weighted by Gasteiger charge is -2.00. The Bertz CT molecular complexity index is 112. The molecule has 1 radical (unpaired) electrons. The van der Waals surface area contributed by atoms with E-state index >= 15 is 0 Å². The van der Waals surface area contributed by atoms with E-state index in [1.807, 2.05) is 6.92 Å². The predicted octanol–water partition coefficient (Wildman–Crippen LogP) is 3.04. The van der Waals surface area contributed by atoms with Crippen LogP contribution in [-0.4, -0.2) is 0 Å². The van der Waals surface area contributed by atoms with Crippen LogP contribution in [0.4, 0.5) is 0 Å². The predicted molar refractivity (Wildman–Crippen MR) is 46.4 cm³/mol. The smallest absolute Gasteiger partial charge is 0.00885 e. The Labute approximate surface area is 65.0 Å². The molecule has 57 valence electrons. The van der Waals surface area contributed by atoms with Crippen LogP contribution in [-0.2, 0) is 0 Å². The molecule has 0 aliphatic heterocycles. The van der Waals surface area contributed by atoms with Gasteiger partial charge in [-0.2, -0.15) is 0 Å². The molecule has 0 rings (SSSR count). The van der Waals surface area contributed by atoms with Crippen LogP contribution < -0.4 is 0 Å². The molecule has 0 aromatic rings. The molecule has 1 atom stereocenters. The molecular weight excluding hydrogens is 120 g/mol. The van der Waals surface area contributed by atoms with Crippen molar-refractivity contribution < 1.29 is 0 Å². The van der Waals surface area contributed by atoms with E-state index in [0.29, 0.717) is 5.92 Å². The summed E-state index contributed by atoms with van der Waals surface area (Å²) >= 11 is 0. The van der Waals surface area contributed by atoms with E-state index in [0.717, 1.165) is 6.42 Å². The maximum absolute atomic E-state index is 3.92. The molecule has 10 heavy (non-hydrogen) atoms. The van der Waals surface area contributed by atoms with Gasteiger partial charge in [0.1, 0.15) is 0 Å². The van der Waals surface area contributed by atoms with Crippen molar-refractivity contribution in [2.45, 2.75) is 39.5 Å². The molecule has 0 saturated carbocycles. The van der Waals surface area contributed by atoms with Crippen LogP contribution in [0.3, 0.4) is 0 Å². The van der Waals surface area contributed by atoms with Crippen LogP contribution in [0.1, 0.15) is 39.5 Å². The fourth-order valence-electron chi connectivity index (χ4n) is 0.831. The molecule has 0 nitrogen and oxygen atoms in total. The van der Waals surface area contributed by atoms with Crippen LogP contribution in [0.2, 0.25) is 0 Å². The molecule has 0 heteroatoms. The third kappa shape index (κ3) is 7.56. The highest BCUT2D eigenvalue weighted by atomic mass is 14.0. The van der Waals surface area contributed by atoms with E-state index in [4.69, 9.17) is 0 Å². The Balaban J connectivity index is 2.96. The highest BCUT2D eigenvalue weighted by molar-refractivity contribution is 4.94. The van der Waals surface area contributed by atoms with Gasteiger partial charge in [-0.3, -0.25) is 0 Å². The zero-order chi connectivity index (χ0) is 7.82. The van der Waals surface area contributed by atoms with Gasteiger partial charge in [0.15, 0.2) is 0 Å². The molecule has 0 bridgehead atoms. The average Bonchev–Trinajstić information content (AvgIpc) is 1.87. The second-order valence-electron chi connectivity index (χ2n) is 2.78. The summed E-state index contributed by atoms with van der Waals surface area (Å²) in [4.78, 5) is 0. The zero-order valence-corrected chi connectivity index (χ0v) is 7.11. The third-order valence-corrected chi connectivity index (χ3v) is 1.43. The van der Waals surface area contributed by atoms with Crippen molar-refractivity contribution in [3.8, 4) is 11.8 Å². The summed E-state index contributed by atoms with van der Waals surface area (Å²) in [5.41, 5.74) is 0. The Morgan fingerprint density at radius 1 is 1.40 bits per heavy atom. The molecule has 0 amide bonds. The highest BCUT2D eigenvalue weighted by Gasteiger charge is 1.91. The summed E-state index contributed by atoms with van der Waals surface area (Å²) in [6, 6.07) is 0. The zero-order valence-electron chi connectivity index (χ0n) is 7.11. The van der Waals surface area contributed by atoms with Gasteiger partial charge in [-0.05, 0) is 19.3 Å². The minimum atomic E-state index is 0.606. The van der Waals surface area contributed by atoms with Crippen molar-refractivity contribution in [2.75, 3.05) is 0 Å². The van der Waals surface area contributed by atoms with Gasteiger partial charge in [0.2, 0.25) is 0 Å². The second kappa shape index (κ2) is 6.68. The molecular formula is C10H17. The topological polar surface area (TPSA) is 0 Å². The Kier molecular flexibility index (Phi) is 6.38. The molecule has 0 spiro atoms. The van der Waals surface area contributed by atoms with Crippen molar-refractivity contribution in [2.24, 2.45) is 5.92 Å². The highest BCUT2D eigenvalue weighted by Crippen LogP contribution is 2.06. The van der Waals surface area contributed by atoms with Crippen LogP contribution in [0, 0.1) is 24.7 Å². The lowest BCUT2D eigenvalue weighted by Crippen LogP contribution is -1.86. The fourth-order valence-corrected chi connectivity index (χ4v) is 0.831. The summed E-state index contributed by atoms with van der Waals surface area (Å²) in [6.45, 7) is 7.97. The van der Waals surface area contributed by atoms with E-state index in [1.54, 1.807) is 0 Å². The number of rotatable bonds is 4. The van der Waals surface area contributed by atoms with Gasteiger partial charge in [0.05, 0.1) is 0 Å². The molecule has 0 aromatic heterocycles. The monoisotopic (exact) mass is 137 g/mol. The summed E-state index contributed by atoms with van der Waals surface area (Å²) in [5, 5.41) is 0. The number of hydrogen-bond donors (Lipinski definition) is 0. The normalized spacial score (nSPS) is 9.20. The standard InChI is InChI=1S/C10H17/c1-4-5-6-7-8-9-10(2)3/h10H,2,6-9H2,1,3H3. The molecule has 0 aliphatic rings. The Hall–Kier alpha value is -0.440. The van der Waals surface area contributed by atoms with Gasteiger partial charge in [0.25, 0.3) is 0 Å². The molecule has 0 heterocycles. The first-order valence-electron chi connectivity index (χ1n) is 4.00. The van der Waals surface area contributed by atoms with Gasteiger partial charge in [0, 0.05) is 6.42 Å². The van der Waals surface area contributed by atoms with E-state index in [1.165, 1.54) is 19.3 Å². The summed E-state index contributed by atoms with van der Waals surface area (Å²) in [6.07, 6.45) is 4.81. The SMILES string of the molecule is [CH2]C(C)CCCCC#CC. The first-order valence-corrected chi connectivity index (χ1v) is 4.00. The van der Waals surface area contributed by atoms with Crippen LogP contribution >= 0.6 is 0 Å². The van der Waals surface area contributed by atoms with Crippen molar-refractivity contribution in [3.05, 3.63) is 6.92 Å². The van der Waals surface area contributed by atoms with Crippen molar-refractivity contribution in [1.29, 1.82) is 0 Å². The number of unbranched alkanes of at least 4 members (excludes halogenated alkanes) is 2. The summed E-state index contributed by atoms with van der Waals surface area (Å²) in [5.74, 6) is 6.55. The van der Waals surface area contributed by atoms with E-state index in [2.05, 4.69) is 25.7 Å². The van der Waals surface area contributed by atoms with Gasteiger partial charge in [-0.1, -0.05) is 26.7 Å². The lowest BCUT2D eigenvalue weighted by molar-refractivity contribution is 0.584. The number of hydrogen-bond acceptors (Lipinski definition) is 0. The molecule has 0 aromatic carbocycles. The van der Waals surface area contributed by atoms with Crippen LogP contribution in [0.5, 0.6) is 0 Å². The van der Waals surface area contributed by atoms with Crippen molar-refractivity contribution in [3.63, 3.8) is 0 Å². The lowest BCUT2D eigenvalue weighted by atomic mass is 10.1. The van der Waals surface area contributed by atoms with Crippen molar-refractivity contribution >= 4 is 0 Å². The van der Waals surface area contributed by atoms with Gasteiger partial charge >= 0.3 is 0 Å². The Morgan fingerprint density at radius 3 is 2.60 bits per heavy atom. The minimum absolute atomic E-state index is 0.606. The molecule has 0 aliphatic carbocycles. The average molecular weight is 137 g/mol. The van der Waals surface area contributed by atoms with Crippen molar-refractivity contribution in [1.82, 2.24) is 0 Å². The first kappa shape index (κ1) is 9.56. The van der Waals surface area contributed by atoms with Gasteiger partial charge in [-0.25, -0.2) is 0 Å². The van der Waals surface area contributed by atoms with Crippen LogP contribution in [0.25, 0.3) is 0 Å². The largest absolute Gasteiger partial charge is 0.107 e. The maximum atomic E-state index is 3.92. The maximum Gasteiger partial charge on any atom is 0.00885 e. The minimum Gasteiger partial charge on any atom is -0.107 e. The quantitative estimate of drug-likeness (QED) is 0.412. The summed E-state index contributed by atoms with van der Waals surface area (Å²) in [7, 11) is 0. The van der Waals surface area contributed by atoms with E-state index < -0.39 is 0 Å². The van der Waals surface area contributed by atoms with Gasteiger partial charge in [-0.15, -0.1) is 11.8 Å². The molecule has 0 fully saturated rings. The summed E-state index contributed by atoms with van der Waals surface area (Å²) < 4.78 is 0. The van der Waals surface area contributed by atoms with Crippen LogP contribution in [0.15, 0.2) is 0 Å². The molecule has 0 saturated heterocycles. The van der Waals surface area contributed by atoms with Gasteiger partial charge < -0.3 is 0 Å².